The molecule has 0 saturated heterocycles. The number of ether oxygens (including phenoxy) is 1. The van der Waals surface area contributed by atoms with E-state index in [2.05, 4.69) is 0 Å². The number of rotatable bonds is 5. The van der Waals surface area contributed by atoms with E-state index in [0.29, 0.717) is 16.6 Å². The summed E-state index contributed by atoms with van der Waals surface area (Å²) in [5, 5.41) is 0.560. The van der Waals surface area contributed by atoms with Gasteiger partial charge in [0.25, 0.3) is 5.91 Å². The highest BCUT2D eigenvalue weighted by Gasteiger charge is 2.25. The van der Waals surface area contributed by atoms with Crippen LogP contribution in [-0.4, -0.2) is 44.8 Å². The highest BCUT2D eigenvalue weighted by molar-refractivity contribution is 7.92. The second-order valence-electron chi connectivity index (χ2n) is 6.87. The molecule has 3 rings (SSSR count). The fourth-order valence-corrected chi connectivity index (χ4v) is 4.23. The van der Waals surface area contributed by atoms with Crippen LogP contribution in [0.3, 0.4) is 0 Å². The molecule has 0 aliphatic heterocycles. The molecule has 0 N–H and O–H groups in total. The van der Waals surface area contributed by atoms with Crippen molar-refractivity contribution < 1.29 is 22.7 Å². The maximum atomic E-state index is 13.1. The number of methoxy groups -OCH3 is 1. The quantitative estimate of drug-likeness (QED) is 0.599. The van der Waals surface area contributed by atoms with Gasteiger partial charge in [-0.2, -0.15) is 0 Å². The molecule has 0 amide bonds. The van der Waals surface area contributed by atoms with Gasteiger partial charge in [-0.05, 0) is 31.5 Å². The second-order valence-corrected chi connectivity index (χ2v) is 8.78. The first-order valence-electron chi connectivity index (χ1n) is 8.90. The molecule has 0 aliphatic carbocycles. The summed E-state index contributed by atoms with van der Waals surface area (Å²) < 4.78 is 32.1. The minimum atomic E-state index is -3.72. The largest absolute Gasteiger partial charge is 0.465 e. The monoisotopic (exact) mass is 414 g/mol. The van der Waals surface area contributed by atoms with E-state index in [1.165, 1.54) is 17.9 Å². The first kappa shape index (κ1) is 20.6. The van der Waals surface area contributed by atoms with Crippen molar-refractivity contribution in [2.24, 2.45) is 0 Å². The van der Waals surface area contributed by atoms with Gasteiger partial charge in [0.1, 0.15) is 6.54 Å². The Bertz CT molecular complexity index is 1210. The van der Waals surface area contributed by atoms with E-state index >= 15 is 0 Å². The topological polar surface area (TPSA) is 85.7 Å². The van der Waals surface area contributed by atoms with Gasteiger partial charge in [0.15, 0.2) is 0 Å². The summed E-state index contributed by atoms with van der Waals surface area (Å²) in [6.45, 7) is 3.31. The Morgan fingerprint density at radius 2 is 1.79 bits per heavy atom. The minimum Gasteiger partial charge on any atom is -0.465 e. The molecule has 0 unspecified atom stereocenters. The van der Waals surface area contributed by atoms with E-state index in [0.717, 1.165) is 21.7 Å². The zero-order valence-electron chi connectivity index (χ0n) is 16.7. The SMILES string of the molecule is COC(=O)c1cn(C(=O)CN(c2ccc(C)cc2C)S(C)(=O)=O)c2ccccc12. The maximum Gasteiger partial charge on any atom is 0.340 e. The van der Waals surface area contributed by atoms with Crippen LogP contribution in [0.4, 0.5) is 5.69 Å². The van der Waals surface area contributed by atoms with Gasteiger partial charge in [-0.25, -0.2) is 13.2 Å². The lowest BCUT2D eigenvalue weighted by molar-refractivity contribution is 0.0603. The van der Waals surface area contributed by atoms with Gasteiger partial charge in [-0.15, -0.1) is 0 Å². The summed E-state index contributed by atoms with van der Waals surface area (Å²) in [6, 6.07) is 12.2. The Balaban J connectivity index is 2.07. The van der Waals surface area contributed by atoms with Gasteiger partial charge in [0, 0.05) is 11.6 Å². The van der Waals surface area contributed by atoms with Crippen molar-refractivity contribution in [2.45, 2.75) is 13.8 Å². The van der Waals surface area contributed by atoms with Crippen molar-refractivity contribution >= 4 is 38.5 Å². The molecule has 0 aliphatic rings. The number of anilines is 1. The Morgan fingerprint density at radius 3 is 2.41 bits per heavy atom. The molecule has 8 heteroatoms. The standard InChI is InChI=1S/C21H22N2O5S/c1-14-9-10-18(15(2)11-14)23(29(4,26)27)13-20(24)22-12-17(21(25)28-3)16-7-5-6-8-19(16)22/h5-12H,13H2,1-4H3. The number of aromatic nitrogens is 1. The molecule has 0 saturated carbocycles. The number of hydrogen-bond donors (Lipinski definition) is 0. The van der Waals surface area contributed by atoms with Crippen molar-refractivity contribution in [1.29, 1.82) is 0 Å². The maximum absolute atomic E-state index is 13.1. The average Bonchev–Trinajstić information content (AvgIpc) is 3.05. The van der Waals surface area contributed by atoms with Gasteiger partial charge in [0.05, 0.1) is 30.1 Å². The van der Waals surface area contributed by atoms with Crippen molar-refractivity contribution in [2.75, 3.05) is 24.2 Å². The Morgan fingerprint density at radius 1 is 1.10 bits per heavy atom. The number of benzene rings is 2. The molecule has 2 aromatic carbocycles. The van der Waals surface area contributed by atoms with Gasteiger partial charge in [-0.3, -0.25) is 13.7 Å². The normalized spacial score (nSPS) is 11.4. The molecule has 1 aromatic heterocycles. The predicted octanol–water partition coefficient (Wildman–Crippen LogP) is 3.15. The highest BCUT2D eigenvalue weighted by atomic mass is 32.2. The highest BCUT2D eigenvalue weighted by Crippen LogP contribution is 2.25. The number of hydrogen-bond acceptors (Lipinski definition) is 5. The van der Waals surface area contributed by atoms with Crippen LogP contribution >= 0.6 is 0 Å². The molecular formula is C21H22N2O5S. The number of carbonyl (C=O) groups excluding carboxylic acids is 2. The molecule has 0 fully saturated rings. The third-order valence-corrected chi connectivity index (χ3v) is 5.81. The van der Waals surface area contributed by atoms with Crippen molar-refractivity contribution in [3.63, 3.8) is 0 Å². The van der Waals surface area contributed by atoms with Crippen molar-refractivity contribution in [1.82, 2.24) is 4.57 Å². The van der Waals surface area contributed by atoms with E-state index in [1.807, 2.05) is 13.0 Å². The van der Waals surface area contributed by atoms with Gasteiger partial charge in [-0.1, -0.05) is 35.9 Å². The van der Waals surface area contributed by atoms with E-state index in [-0.39, 0.29) is 5.56 Å². The fourth-order valence-electron chi connectivity index (χ4n) is 3.32. The molecule has 7 nitrogen and oxygen atoms in total. The van der Waals surface area contributed by atoms with E-state index in [1.54, 1.807) is 43.3 Å². The van der Waals surface area contributed by atoms with Crippen LogP contribution in [0.1, 0.15) is 26.3 Å². The lowest BCUT2D eigenvalue weighted by Crippen LogP contribution is -2.37. The van der Waals surface area contributed by atoms with Gasteiger partial charge >= 0.3 is 5.97 Å². The fraction of sp³-hybridized carbons (Fsp3) is 0.238. The average molecular weight is 414 g/mol. The van der Waals surface area contributed by atoms with Crippen LogP contribution in [0.25, 0.3) is 10.9 Å². The van der Waals surface area contributed by atoms with E-state index < -0.39 is 28.4 Å². The van der Waals surface area contributed by atoms with Crippen LogP contribution in [0.2, 0.25) is 0 Å². The predicted molar refractivity (Wildman–Crippen MR) is 112 cm³/mol. The van der Waals surface area contributed by atoms with Gasteiger partial charge in [0.2, 0.25) is 10.0 Å². The number of nitrogens with zero attached hydrogens (tertiary/aromatic N) is 2. The number of sulfonamides is 1. The number of para-hydroxylation sites is 1. The summed E-state index contributed by atoms with van der Waals surface area (Å²) in [5.41, 5.74) is 2.93. The first-order chi connectivity index (χ1) is 13.6. The van der Waals surface area contributed by atoms with Crippen LogP contribution < -0.4 is 4.31 Å². The summed E-state index contributed by atoms with van der Waals surface area (Å²) in [5.74, 6) is -1.05. The number of fused-ring (bicyclic) bond motifs is 1. The molecule has 0 bridgehead atoms. The third kappa shape index (κ3) is 4.02. The Hall–Kier alpha value is -3.13. The van der Waals surface area contributed by atoms with E-state index in [9.17, 15) is 18.0 Å². The Labute approximate surface area is 169 Å². The molecule has 0 spiro atoms. The van der Waals surface area contributed by atoms with Crippen LogP contribution in [0, 0.1) is 13.8 Å². The summed E-state index contributed by atoms with van der Waals surface area (Å²) in [7, 11) is -2.45. The molecule has 29 heavy (non-hydrogen) atoms. The van der Waals surface area contributed by atoms with E-state index in [4.69, 9.17) is 4.74 Å². The number of carbonyl (C=O) groups is 2. The van der Waals surface area contributed by atoms with Crippen molar-refractivity contribution in [3.8, 4) is 0 Å². The van der Waals surface area contributed by atoms with Crippen LogP contribution in [0.15, 0.2) is 48.7 Å². The number of aryl methyl sites for hydroxylation is 2. The molecular weight excluding hydrogens is 392 g/mol. The summed E-state index contributed by atoms with van der Waals surface area (Å²) >= 11 is 0. The zero-order valence-corrected chi connectivity index (χ0v) is 17.5. The first-order valence-corrected chi connectivity index (χ1v) is 10.7. The summed E-state index contributed by atoms with van der Waals surface area (Å²) in [6.07, 6.45) is 2.45. The molecule has 3 aromatic rings. The lowest BCUT2D eigenvalue weighted by atomic mass is 10.1. The summed E-state index contributed by atoms with van der Waals surface area (Å²) in [4.78, 5) is 25.2. The smallest absolute Gasteiger partial charge is 0.340 e. The molecule has 0 radical (unpaired) electrons. The zero-order chi connectivity index (χ0) is 21.3. The number of esters is 1. The lowest BCUT2D eigenvalue weighted by Gasteiger charge is -2.24. The molecule has 0 atom stereocenters. The third-order valence-electron chi connectivity index (χ3n) is 4.69. The van der Waals surface area contributed by atoms with Crippen molar-refractivity contribution in [3.05, 3.63) is 65.4 Å². The minimum absolute atomic E-state index is 0.244. The van der Waals surface area contributed by atoms with Gasteiger partial charge < -0.3 is 4.74 Å². The van der Waals surface area contributed by atoms with Crippen LogP contribution in [0.5, 0.6) is 0 Å². The Kier molecular flexibility index (Phi) is 5.48. The van der Waals surface area contributed by atoms with Crippen LogP contribution in [-0.2, 0) is 14.8 Å². The second kappa shape index (κ2) is 7.71. The molecule has 1 heterocycles. The molecule has 152 valence electrons.